The van der Waals surface area contributed by atoms with Crippen molar-refractivity contribution >= 4 is 57.0 Å². The Labute approximate surface area is 221 Å². The number of fused-ring (bicyclic) bond motifs is 1. The van der Waals surface area contributed by atoms with Gasteiger partial charge in [-0.3, -0.25) is 0 Å². The minimum atomic E-state index is 0.292. The van der Waals surface area contributed by atoms with E-state index in [2.05, 4.69) is 40.5 Å². The molecule has 6 heteroatoms. The highest BCUT2D eigenvalue weighted by molar-refractivity contribution is 6.36. The fourth-order valence-corrected chi connectivity index (χ4v) is 5.46. The standard InChI is InChI=1S/C29H27Cl3N2O/c30-25-9-6-10-26(31)24(25)19-35-29-14-11-20-7-2-3-8-22(20)23(29)18-33-21-12-13-28(27(32)17-21)34-15-4-1-5-16-34/h2-3,6-14,17,33H,1,4-5,15-16,18-19H2. The summed E-state index contributed by atoms with van der Waals surface area (Å²) in [7, 11) is 0. The second-order valence-electron chi connectivity index (χ2n) is 8.82. The lowest BCUT2D eigenvalue weighted by molar-refractivity contribution is 0.304. The molecule has 180 valence electrons. The number of hydrogen-bond acceptors (Lipinski definition) is 3. The summed E-state index contributed by atoms with van der Waals surface area (Å²) in [6.07, 6.45) is 3.74. The van der Waals surface area contributed by atoms with Crippen LogP contribution in [0.5, 0.6) is 5.75 Å². The molecular formula is C29H27Cl3N2O. The van der Waals surface area contributed by atoms with Gasteiger partial charge in [0.25, 0.3) is 0 Å². The summed E-state index contributed by atoms with van der Waals surface area (Å²) in [5, 5.41) is 7.82. The van der Waals surface area contributed by atoms with E-state index >= 15 is 0 Å². The number of ether oxygens (including phenoxy) is 1. The molecule has 5 rings (SSSR count). The Morgan fingerprint density at radius 1 is 0.743 bits per heavy atom. The van der Waals surface area contributed by atoms with Crippen molar-refractivity contribution in [3.8, 4) is 5.75 Å². The number of nitrogens with one attached hydrogen (secondary N) is 1. The summed E-state index contributed by atoms with van der Waals surface area (Å²) in [6.45, 7) is 3.02. The highest BCUT2D eigenvalue weighted by Crippen LogP contribution is 2.34. The van der Waals surface area contributed by atoms with Gasteiger partial charge in [0.15, 0.2) is 0 Å². The van der Waals surface area contributed by atoms with Crippen LogP contribution < -0.4 is 15.0 Å². The van der Waals surface area contributed by atoms with E-state index in [0.29, 0.717) is 23.2 Å². The number of piperidine rings is 1. The molecule has 1 heterocycles. The van der Waals surface area contributed by atoms with Gasteiger partial charge in [-0.25, -0.2) is 0 Å². The quantitative estimate of drug-likeness (QED) is 0.260. The molecule has 0 aliphatic carbocycles. The lowest BCUT2D eigenvalue weighted by atomic mass is 10.0. The molecule has 35 heavy (non-hydrogen) atoms. The summed E-state index contributed by atoms with van der Waals surface area (Å²) in [5.41, 5.74) is 3.94. The van der Waals surface area contributed by atoms with Crippen molar-refractivity contribution in [2.75, 3.05) is 23.3 Å². The van der Waals surface area contributed by atoms with E-state index in [1.54, 1.807) is 0 Å². The molecule has 0 unspecified atom stereocenters. The number of halogens is 3. The summed E-state index contributed by atoms with van der Waals surface area (Å²) >= 11 is 19.4. The Morgan fingerprint density at radius 3 is 2.29 bits per heavy atom. The van der Waals surface area contributed by atoms with Gasteiger partial charge in [-0.2, -0.15) is 0 Å². The molecule has 1 fully saturated rings. The molecule has 0 radical (unpaired) electrons. The Hall–Kier alpha value is -2.59. The van der Waals surface area contributed by atoms with Crippen LogP contribution in [0.3, 0.4) is 0 Å². The van der Waals surface area contributed by atoms with E-state index in [4.69, 9.17) is 39.5 Å². The third kappa shape index (κ3) is 5.48. The molecule has 0 aromatic heterocycles. The number of anilines is 2. The fraction of sp³-hybridized carbons (Fsp3) is 0.241. The van der Waals surface area contributed by atoms with Crippen LogP contribution in [0.2, 0.25) is 15.1 Å². The van der Waals surface area contributed by atoms with Gasteiger partial charge in [-0.05, 0) is 66.4 Å². The average Bonchev–Trinajstić information content (AvgIpc) is 2.88. The molecule has 0 bridgehead atoms. The van der Waals surface area contributed by atoms with Crippen molar-refractivity contribution in [2.45, 2.75) is 32.4 Å². The van der Waals surface area contributed by atoms with Gasteiger partial charge in [-0.1, -0.05) is 71.2 Å². The molecular weight excluding hydrogens is 499 g/mol. The molecule has 0 saturated carbocycles. The van der Waals surface area contributed by atoms with Gasteiger partial charge in [0.2, 0.25) is 0 Å². The van der Waals surface area contributed by atoms with E-state index < -0.39 is 0 Å². The van der Waals surface area contributed by atoms with Gasteiger partial charge in [-0.15, -0.1) is 0 Å². The van der Waals surface area contributed by atoms with Crippen LogP contribution in [-0.2, 0) is 13.2 Å². The number of benzene rings is 4. The Bertz CT molecular complexity index is 1310. The summed E-state index contributed by atoms with van der Waals surface area (Å²) < 4.78 is 6.26. The van der Waals surface area contributed by atoms with Crippen molar-refractivity contribution in [2.24, 2.45) is 0 Å². The maximum atomic E-state index is 6.69. The first-order chi connectivity index (χ1) is 17.1. The van der Waals surface area contributed by atoms with Crippen LogP contribution in [-0.4, -0.2) is 13.1 Å². The largest absolute Gasteiger partial charge is 0.488 e. The maximum Gasteiger partial charge on any atom is 0.125 e. The molecule has 0 amide bonds. The first kappa shape index (κ1) is 24.1. The zero-order valence-corrected chi connectivity index (χ0v) is 21.6. The number of hydrogen-bond donors (Lipinski definition) is 1. The second-order valence-corrected chi connectivity index (χ2v) is 10.0. The lowest BCUT2D eigenvalue weighted by Gasteiger charge is -2.29. The molecule has 0 spiro atoms. The number of nitrogens with zero attached hydrogens (tertiary/aromatic N) is 1. The van der Waals surface area contributed by atoms with Gasteiger partial charge in [0, 0.05) is 46.5 Å². The SMILES string of the molecule is Clc1cc(NCc2c(OCc3c(Cl)cccc3Cl)ccc3ccccc23)ccc1N1CCCCC1. The second kappa shape index (κ2) is 11.0. The van der Waals surface area contributed by atoms with Crippen molar-refractivity contribution in [1.82, 2.24) is 0 Å². The minimum absolute atomic E-state index is 0.292. The van der Waals surface area contributed by atoms with Crippen LogP contribution in [0, 0.1) is 0 Å². The van der Waals surface area contributed by atoms with Gasteiger partial charge >= 0.3 is 0 Å². The molecule has 4 aromatic rings. The highest BCUT2D eigenvalue weighted by Gasteiger charge is 2.15. The normalized spacial score (nSPS) is 13.7. The topological polar surface area (TPSA) is 24.5 Å². The molecule has 0 atom stereocenters. The van der Waals surface area contributed by atoms with Crippen molar-refractivity contribution in [1.29, 1.82) is 0 Å². The van der Waals surface area contributed by atoms with Gasteiger partial charge in [0.05, 0.1) is 10.7 Å². The van der Waals surface area contributed by atoms with Crippen molar-refractivity contribution in [3.05, 3.63) is 99.0 Å². The average molecular weight is 526 g/mol. The first-order valence-electron chi connectivity index (χ1n) is 11.9. The van der Waals surface area contributed by atoms with Crippen LogP contribution in [0.1, 0.15) is 30.4 Å². The number of rotatable bonds is 7. The first-order valence-corrected chi connectivity index (χ1v) is 13.1. The third-order valence-corrected chi connectivity index (χ3v) is 7.56. The maximum absolute atomic E-state index is 6.69. The van der Waals surface area contributed by atoms with E-state index in [-0.39, 0.29) is 0 Å². The zero-order chi connectivity index (χ0) is 24.2. The summed E-state index contributed by atoms with van der Waals surface area (Å²) in [6, 6.07) is 24.1. The monoisotopic (exact) mass is 524 g/mol. The van der Waals surface area contributed by atoms with Crippen LogP contribution >= 0.6 is 34.8 Å². The van der Waals surface area contributed by atoms with E-state index in [9.17, 15) is 0 Å². The molecule has 1 N–H and O–H groups in total. The van der Waals surface area contributed by atoms with Gasteiger partial charge < -0.3 is 15.0 Å². The van der Waals surface area contributed by atoms with Crippen molar-refractivity contribution in [3.63, 3.8) is 0 Å². The van der Waals surface area contributed by atoms with Crippen molar-refractivity contribution < 1.29 is 4.74 Å². The molecule has 1 saturated heterocycles. The van der Waals surface area contributed by atoms with Crippen LogP contribution in [0.4, 0.5) is 11.4 Å². The third-order valence-electron chi connectivity index (χ3n) is 6.55. The molecule has 4 aromatic carbocycles. The van der Waals surface area contributed by atoms with Gasteiger partial charge in [0.1, 0.15) is 12.4 Å². The van der Waals surface area contributed by atoms with E-state index in [1.165, 1.54) is 19.3 Å². The Kier molecular flexibility index (Phi) is 7.57. The van der Waals surface area contributed by atoms with E-state index in [1.807, 2.05) is 42.5 Å². The lowest BCUT2D eigenvalue weighted by Crippen LogP contribution is -2.29. The molecule has 3 nitrogen and oxygen atoms in total. The highest BCUT2D eigenvalue weighted by atomic mass is 35.5. The smallest absolute Gasteiger partial charge is 0.125 e. The molecule has 1 aliphatic rings. The predicted octanol–water partition coefficient (Wildman–Crippen LogP) is 8.98. The minimum Gasteiger partial charge on any atom is -0.488 e. The van der Waals surface area contributed by atoms with Crippen LogP contribution in [0.15, 0.2) is 72.8 Å². The fourth-order valence-electron chi connectivity index (χ4n) is 4.65. The molecule has 1 aliphatic heterocycles. The Balaban J connectivity index is 1.38. The summed E-state index contributed by atoms with van der Waals surface area (Å²) in [4.78, 5) is 2.38. The Morgan fingerprint density at radius 2 is 1.51 bits per heavy atom. The zero-order valence-electron chi connectivity index (χ0n) is 19.4. The predicted molar refractivity (Wildman–Crippen MR) is 150 cm³/mol. The van der Waals surface area contributed by atoms with E-state index in [0.717, 1.165) is 57.1 Å². The van der Waals surface area contributed by atoms with Crippen LogP contribution in [0.25, 0.3) is 10.8 Å². The summed E-state index contributed by atoms with van der Waals surface area (Å²) in [5.74, 6) is 0.795.